The number of amidine groups is 1. The van der Waals surface area contributed by atoms with Crippen LogP contribution in [0.3, 0.4) is 0 Å². The van der Waals surface area contributed by atoms with Crippen molar-refractivity contribution in [1.29, 1.82) is 0 Å². The lowest BCUT2D eigenvalue weighted by Gasteiger charge is -2.15. The summed E-state index contributed by atoms with van der Waals surface area (Å²) in [5.41, 5.74) is 1.49. The number of carbonyl (C=O) groups is 1. The molecule has 0 N–H and O–H groups in total. The van der Waals surface area contributed by atoms with Gasteiger partial charge >= 0.3 is 0 Å². The van der Waals surface area contributed by atoms with E-state index in [0.717, 1.165) is 5.69 Å². The van der Waals surface area contributed by atoms with Crippen LogP contribution in [0.2, 0.25) is 5.02 Å². The zero-order valence-electron chi connectivity index (χ0n) is 15.8. The fourth-order valence-corrected chi connectivity index (χ4v) is 4.18. The quantitative estimate of drug-likeness (QED) is 0.490. The molecule has 2 heterocycles. The third kappa shape index (κ3) is 4.42. The van der Waals surface area contributed by atoms with E-state index < -0.39 is 0 Å². The molecular weight excluding hydrogens is 412 g/mol. The Morgan fingerprint density at radius 2 is 2.00 bits per heavy atom. The van der Waals surface area contributed by atoms with Gasteiger partial charge in [0.25, 0.3) is 5.91 Å². The highest BCUT2D eigenvalue weighted by Gasteiger charge is 2.33. The van der Waals surface area contributed by atoms with E-state index in [-0.39, 0.29) is 12.7 Å². The van der Waals surface area contributed by atoms with Gasteiger partial charge in [-0.25, -0.2) is 4.99 Å². The molecular formula is C21H19ClN2O4S. The molecule has 0 atom stereocenters. The van der Waals surface area contributed by atoms with E-state index in [9.17, 15) is 4.79 Å². The second kappa shape index (κ2) is 8.90. The monoisotopic (exact) mass is 430 g/mol. The fourth-order valence-electron chi connectivity index (χ4n) is 2.95. The van der Waals surface area contributed by atoms with Crippen LogP contribution >= 0.6 is 23.4 Å². The molecule has 8 heteroatoms. The van der Waals surface area contributed by atoms with E-state index in [1.54, 1.807) is 30.2 Å². The van der Waals surface area contributed by atoms with Crippen molar-refractivity contribution in [2.45, 2.75) is 6.42 Å². The molecule has 4 rings (SSSR count). The van der Waals surface area contributed by atoms with Crippen molar-refractivity contribution in [3.63, 3.8) is 0 Å². The number of methoxy groups -OCH3 is 1. The highest BCUT2D eigenvalue weighted by atomic mass is 35.5. The summed E-state index contributed by atoms with van der Waals surface area (Å²) in [6.45, 7) is 1.26. The molecule has 29 heavy (non-hydrogen) atoms. The van der Waals surface area contributed by atoms with Crippen molar-refractivity contribution >= 4 is 46.2 Å². The van der Waals surface area contributed by atoms with Crippen molar-refractivity contribution in [3.8, 4) is 11.5 Å². The Balaban J connectivity index is 1.65. The number of fused-ring (bicyclic) bond motifs is 1. The first kappa shape index (κ1) is 19.8. The van der Waals surface area contributed by atoms with Crippen LogP contribution in [0, 0.1) is 0 Å². The normalized spacial score (nSPS) is 18.3. The lowest BCUT2D eigenvalue weighted by molar-refractivity contribution is -0.122. The fraction of sp³-hybridized carbons (Fsp3) is 0.238. The molecule has 2 aromatic rings. The Morgan fingerprint density at radius 3 is 2.76 bits per heavy atom. The van der Waals surface area contributed by atoms with Crippen molar-refractivity contribution in [2.75, 3.05) is 27.1 Å². The third-order valence-corrected chi connectivity index (χ3v) is 5.71. The first-order chi connectivity index (χ1) is 14.2. The Morgan fingerprint density at radius 1 is 1.24 bits per heavy atom. The van der Waals surface area contributed by atoms with Crippen LogP contribution in [0.4, 0.5) is 5.69 Å². The van der Waals surface area contributed by atoms with Crippen LogP contribution in [0.1, 0.15) is 12.0 Å². The summed E-state index contributed by atoms with van der Waals surface area (Å²) >= 11 is 7.71. The molecule has 2 aromatic carbocycles. The predicted molar refractivity (Wildman–Crippen MR) is 115 cm³/mol. The molecule has 0 saturated carbocycles. The summed E-state index contributed by atoms with van der Waals surface area (Å²) < 4.78 is 15.9. The van der Waals surface area contributed by atoms with Gasteiger partial charge in [0, 0.05) is 26.3 Å². The Kier molecular flexibility index (Phi) is 6.08. The van der Waals surface area contributed by atoms with Crippen LogP contribution in [0.15, 0.2) is 52.4 Å². The molecule has 0 aliphatic carbocycles. The van der Waals surface area contributed by atoms with Gasteiger partial charge in [0.05, 0.1) is 15.6 Å². The number of benzene rings is 2. The highest BCUT2D eigenvalue weighted by Crippen LogP contribution is 2.40. The predicted octanol–water partition coefficient (Wildman–Crippen LogP) is 4.71. The number of carbonyl (C=O) groups excluding carboxylic acids is 1. The van der Waals surface area contributed by atoms with E-state index in [1.165, 1.54) is 11.8 Å². The number of hydrogen-bond acceptors (Lipinski definition) is 6. The average molecular weight is 431 g/mol. The maximum atomic E-state index is 13.1. The Labute approximate surface area is 178 Å². The van der Waals surface area contributed by atoms with Gasteiger partial charge in [0.2, 0.25) is 6.79 Å². The van der Waals surface area contributed by atoms with Gasteiger partial charge in [0.1, 0.15) is 0 Å². The highest BCUT2D eigenvalue weighted by molar-refractivity contribution is 8.18. The molecule has 150 valence electrons. The van der Waals surface area contributed by atoms with E-state index in [2.05, 4.69) is 4.99 Å². The van der Waals surface area contributed by atoms with Gasteiger partial charge in [-0.3, -0.25) is 9.69 Å². The minimum atomic E-state index is -0.102. The van der Waals surface area contributed by atoms with E-state index in [1.807, 2.05) is 30.3 Å². The summed E-state index contributed by atoms with van der Waals surface area (Å²) in [7, 11) is 1.65. The maximum absolute atomic E-state index is 13.1. The van der Waals surface area contributed by atoms with Crippen molar-refractivity contribution < 1.29 is 19.0 Å². The van der Waals surface area contributed by atoms with Gasteiger partial charge in [-0.05, 0) is 48.0 Å². The van der Waals surface area contributed by atoms with Crippen LogP contribution < -0.4 is 9.47 Å². The summed E-state index contributed by atoms with van der Waals surface area (Å²) in [6, 6.07) is 13.1. The van der Waals surface area contributed by atoms with Crippen LogP contribution in [0.25, 0.3) is 6.08 Å². The largest absolute Gasteiger partial charge is 0.454 e. The Hall–Kier alpha value is -2.48. The minimum Gasteiger partial charge on any atom is -0.454 e. The summed E-state index contributed by atoms with van der Waals surface area (Å²) in [4.78, 5) is 20.0. The van der Waals surface area contributed by atoms with E-state index >= 15 is 0 Å². The number of hydrogen-bond donors (Lipinski definition) is 0. The zero-order chi connectivity index (χ0) is 20.2. The second-order valence-corrected chi connectivity index (χ2v) is 7.79. The zero-order valence-corrected chi connectivity index (χ0v) is 17.3. The molecule has 0 spiro atoms. The lowest BCUT2D eigenvalue weighted by Crippen LogP contribution is -2.30. The molecule has 0 bridgehead atoms. The first-order valence-electron chi connectivity index (χ1n) is 9.09. The maximum Gasteiger partial charge on any atom is 0.266 e. The standard InChI is InChI=1S/C21H19ClN2O4S/c1-26-9-5-8-24-20(25)19(29-21(24)23-15-6-3-2-4-7-15)11-14-10-17-18(12-16(14)22)28-13-27-17/h2-4,6-7,10-12H,5,8-9,13H2,1H3/b19-11-,23-21?. The SMILES string of the molecule is COCCCN1C(=O)/C(=C/c2cc3c(cc2Cl)OCO3)SC1=Nc1ccccc1. The summed E-state index contributed by atoms with van der Waals surface area (Å²) in [6.07, 6.45) is 2.49. The van der Waals surface area contributed by atoms with Gasteiger partial charge in [-0.2, -0.15) is 0 Å². The molecule has 0 radical (unpaired) electrons. The topological polar surface area (TPSA) is 60.4 Å². The molecule has 1 fully saturated rings. The first-order valence-corrected chi connectivity index (χ1v) is 10.3. The third-order valence-electron chi connectivity index (χ3n) is 4.38. The molecule has 1 amide bonds. The van der Waals surface area contributed by atoms with E-state index in [4.69, 9.17) is 25.8 Å². The number of thioether (sulfide) groups is 1. The Bertz CT molecular complexity index is 978. The summed E-state index contributed by atoms with van der Waals surface area (Å²) in [5, 5.41) is 1.13. The van der Waals surface area contributed by atoms with Gasteiger partial charge in [-0.15, -0.1) is 0 Å². The lowest BCUT2D eigenvalue weighted by atomic mass is 10.2. The molecule has 1 saturated heterocycles. The number of aliphatic imine (C=N–C) groups is 1. The number of nitrogens with zero attached hydrogens (tertiary/aromatic N) is 2. The molecule has 6 nitrogen and oxygen atoms in total. The number of ether oxygens (including phenoxy) is 3. The minimum absolute atomic E-state index is 0.102. The molecule has 0 unspecified atom stereocenters. The molecule has 0 aromatic heterocycles. The summed E-state index contributed by atoms with van der Waals surface area (Å²) in [5.74, 6) is 1.12. The smallest absolute Gasteiger partial charge is 0.266 e. The number of rotatable bonds is 6. The van der Waals surface area contributed by atoms with E-state index in [0.29, 0.717) is 51.7 Å². The van der Waals surface area contributed by atoms with Crippen LogP contribution in [0.5, 0.6) is 11.5 Å². The second-order valence-electron chi connectivity index (χ2n) is 6.37. The van der Waals surface area contributed by atoms with Crippen LogP contribution in [-0.4, -0.2) is 43.0 Å². The van der Waals surface area contributed by atoms with Crippen LogP contribution in [-0.2, 0) is 9.53 Å². The average Bonchev–Trinajstić information content (AvgIpc) is 3.28. The number of halogens is 1. The molecule has 2 aliphatic heterocycles. The van der Waals surface area contributed by atoms with Gasteiger partial charge in [-0.1, -0.05) is 29.8 Å². The number of amides is 1. The van der Waals surface area contributed by atoms with Gasteiger partial charge < -0.3 is 14.2 Å². The van der Waals surface area contributed by atoms with Crippen molar-refractivity contribution in [2.24, 2.45) is 4.99 Å². The van der Waals surface area contributed by atoms with Crippen molar-refractivity contribution in [1.82, 2.24) is 4.90 Å². The van der Waals surface area contributed by atoms with Crippen molar-refractivity contribution in [3.05, 3.63) is 58.0 Å². The number of para-hydroxylation sites is 1. The van der Waals surface area contributed by atoms with Gasteiger partial charge in [0.15, 0.2) is 16.7 Å². The molecule has 2 aliphatic rings.